The summed E-state index contributed by atoms with van der Waals surface area (Å²) >= 11 is 0.684. The van der Waals surface area contributed by atoms with E-state index in [0.29, 0.717) is 95.9 Å². The van der Waals surface area contributed by atoms with Crippen molar-refractivity contribution >= 4 is 16.6 Å². The molecule has 0 radical (unpaired) electrons. The lowest BCUT2D eigenvalue weighted by Crippen LogP contribution is -2.09. The Hall–Kier alpha value is -0.0275. The summed E-state index contributed by atoms with van der Waals surface area (Å²) in [6.45, 7) is 8.06. The van der Waals surface area contributed by atoms with Gasteiger partial charge in [-0.1, -0.05) is 13.3 Å². The van der Waals surface area contributed by atoms with Crippen molar-refractivity contribution in [1.29, 1.82) is 0 Å². The smallest absolute Gasteiger partial charge is 0.394 e. The summed E-state index contributed by atoms with van der Waals surface area (Å²) in [6.07, 6.45) is 2.27. The van der Waals surface area contributed by atoms with Gasteiger partial charge in [-0.05, 0) is 6.42 Å². The standard InChI is InChI=1S/3C6H14O4.C4H10O2.Al.2H/c3*7-1-3-9-5-6-10-4-2-8;1-2-3-4-6-5;;;/h3*7-8H,1-6H2;5H,2-4H2,1H3;;;/q;;;;+1;;/p-1. The molecule has 6 N–H and O–H groups in total. The second kappa shape index (κ2) is 52.4. The SMILES string of the molecule is CCCCO[O][AlH2].OCCOCCOCCO.OCCOCCOCCO.OCCOCCOCCO. The molecule has 228 valence electrons. The van der Waals surface area contributed by atoms with Crippen molar-refractivity contribution in [2.24, 2.45) is 0 Å². The molecule has 14 nitrogen and oxygen atoms in total. The van der Waals surface area contributed by atoms with Gasteiger partial charge in [0.05, 0.1) is 126 Å². The van der Waals surface area contributed by atoms with Crippen LogP contribution in [-0.4, -0.2) is 173 Å². The van der Waals surface area contributed by atoms with Crippen molar-refractivity contribution in [3.05, 3.63) is 0 Å². The maximum Gasteiger partial charge on any atom is 0.465 e. The predicted octanol–water partition coefficient (Wildman–Crippen LogP) is -2.70. The van der Waals surface area contributed by atoms with Gasteiger partial charge in [0.25, 0.3) is 0 Å². The van der Waals surface area contributed by atoms with Gasteiger partial charge in [-0.25, -0.2) is 0 Å². The average Bonchev–Trinajstić information content (AvgIpc) is 2.92. The lowest BCUT2D eigenvalue weighted by molar-refractivity contribution is -0.204. The van der Waals surface area contributed by atoms with Gasteiger partial charge in [-0.3, -0.25) is 4.89 Å². The van der Waals surface area contributed by atoms with Gasteiger partial charge in [0.2, 0.25) is 0 Å². The first-order valence-corrected chi connectivity index (χ1v) is 13.2. The van der Waals surface area contributed by atoms with Crippen LogP contribution in [0.15, 0.2) is 0 Å². The van der Waals surface area contributed by atoms with Gasteiger partial charge in [-0.2, -0.15) is 0 Å². The maximum atomic E-state index is 8.26. The highest BCUT2D eigenvalue weighted by atomic mass is 27.1. The molecule has 37 heavy (non-hydrogen) atoms. The first-order valence-electron chi connectivity index (χ1n) is 12.4. The van der Waals surface area contributed by atoms with Gasteiger partial charge in [-0.15, -0.1) is 0 Å². The Morgan fingerprint density at radius 3 is 0.811 bits per heavy atom. The van der Waals surface area contributed by atoms with Crippen LogP contribution in [0.1, 0.15) is 19.8 Å². The maximum absolute atomic E-state index is 8.26. The molecule has 15 heteroatoms. The van der Waals surface area contributed by atoms with E-state index < -0.39 is 0 Å². The molecule has 0 aromatic carbocycles. The highest BCUT2D eigenvalue weighted by Gasteiger charge is 1.88. The van der Waals surface area contributed by atoms with E-state index in [-0.39, 0.29) is 39.6 Å². The molecular weight excluding hydrogens is 515 g/mol. The molecule has 0 fully saturated rings. The van der Waals surface area contributed by atoms with E-state index in [1.54, 1.807) is 0 Å². The fraction of sp³-hybridized carbons (Fsp3) is 1.00. The molecule has 0 amide bonds. The van der Waals surface area contributed by atoms with E-state index in [0.717, 1.165) is 13.0 Å². The Morgan fingerprint density at radius 2 is 0.649 bits per heavy atom. The molecule has 0 atom stereocenters. The summed E-state index contributed by atoms with van der Waals surface area (Å²) in [5, 5.41) is 49.6. The van der Waals surface area contributed by atoms with E-state index >= 15 is 0 Å². The van der Waals surface area contributed by atoms with Gasteiger partial charge < -0.3 is 63.0 Å². The van der Waals surface area contributed by atoms with Crippen LogP contribution in [0, 0.1) is 0 Å². The topological polar surface area (TPSA) is 195 Å². The van der Waals surface area contributed by atoms with Gasteiger partial charge in [0.15, 0.2) is 0 Å². The molecule has 0 aliphatic heterocycles. The number of unbranched alkanes of at least 4 members (excludes halogenated alkanes) is 1. The molecule has 0 unspecified atom stereocenters. The van der Waals surface area contributed by atoms with Crippen LogP contribution >= 0.6 is 0 Å². The summed E-state index contributed by atoms with van der Waals surface area (Å²) in [4.78, 5) is 4.64. The van der Waals surface area contributed by atoms with Gasteiger partial charge in [0, 0.05) is 0 Å². The zero-order valence-corrected chi connectivity index (χ0v) is 24.8. The molecule has 0 saturated carbocycles. The number of aliphatic hydroxyl groups is 6. The Bertz CT molecular complexity index is 257. The Balaban J connectivity index is -0.000000198. The van der Waals surface area contributed by atoms with Crippen LogP contribution < -0.4 is 0 Å². The van der Waals surface area contributed by atoms with Gasteiger partial charge >= 0.3 is 16.6 Å². The van der Waals surface area contributed by atoms with E-state index in [4.69, 9.17) is 59.1 Å². The van der Waals surface area contributed by atoms with Crippen LogP contribution in [0.4, 0.5) is 0 Å². The van der Waals surface area contributed by atoms with Gasteiger partial charge in [0.1, 0.15) is 0 Å². The second-order valence-electron chi connectivity index (χ2n) is 6.36. The first-order chi connectivity index (χ1) is 18.2. The third-order valence-corrected chi connectivity index (χ3v) is 3.46. The molecule has 0 aromatic heterocycles. The molecule has 0 aliphatic carbocycles. The predicted molar refractivity (Wildman–Crippen MR) is 138 cm³/mol. The summed E-state index contributed by atoms with van der Waals surface area (Å²) in [6, 6.07) is 0. The van der Waals surface area contributed by atoms with Crippen molar-refractivity contribution < 1.29 is 67.9 Å². The van der Waals surface area contributed by atoms with Crippen LogP contribution in [-0.2, 0) is 37.2 Å². The fourth-order valence-corrected chi connectivity index (χ4v) is 1.81. The first kappa shape index (κ1) is 44.0. The van der Waals surface area contributed by atoms with Crippen molar-refractivity contribution in [1.82, 2.24) is 0 Å². The van der Waals surface area contributed by atoms with Crippen molar-refractivity contribution in [2.75, 3.05) is 126 Å². The highest BCUT2D eigenvalue weighted by molar-refractivity contribution is 5.97. The van der Waals surface area contributed by atoms with Crippen LogP contribution in [0.2, 0.25) is 0 Å². The molecule has 0 spiro atoms. The zero-order chi connectivity index (χ0) is 28.5. The zero-order valence-electron chi connectivity index (χ0n) is 22.8. The van der Waals surface area contributed by atoms with Crippen molar-refractivity contribution in [2.45, 2.75) is 19.8 Å². The fourth-order valence-electron chi connectivity index (χ4n) is 1.64. The average molecular weight is 569 g/mol. The summed E-state index contributed by atoms with van der Waals surface area (Å²) < 4.78 is 33.7. The lowest BCUT2D eigenvalue weighted by Gasteiger charge is -2.01. The Morgan fingerprint density at radius 1 is 0.405 bits per heavy atom. The van der Waals surface area contributed by atoms with Crippen LogP contribution in [0.3, 0.4) is 0 Å². The number of aliphatic hydroxyl groups excluding tert-OH is 6. The van der Waals surface area contributed by atoms with E-state index in [2.05, 4.69) is 15.8 Å². The number of hydrogen-bond acceptors (Lipinski definition) is 14. The number of ether oxygens (including phenoxy) is 6. The van der Waals surface area contributed by atoms with E-state index in [1.165, 1.54) is 6.42 Å². The molecule has 0 bridgehead atoms. The largest absolute Gasteiger partial charge is 0.465 e. The lowest BCUT2D eigenvalue weighted by atomic mass is 10.4. The monoisotopic (exact) mass is 568 g/mol. The van der Waals surface area contributed by atoms with Crippen LogP contribution in [0.25, 0.3) is 0 Å². The minimum Gasteiger partial charge on any atom is -0.394 e. The normalized spacial score (nSPS) is 10.0. The number of hydrogen-bond donors (Lipinski definition) is 6. The van der Waals surface area contributed by atoms with Crippen molar-refractivity contribution in [3.8, 4) is 0 Å². The molecule has 0 aliphatic rings. The summed E-state index contributed by atoms with van der Waals surface area (Å²) in [7, 11) is 0. The van der Waals surface area contributed by atoms with E-state index in [9.17, 15) is 0 Å². The molecule has 0 heterocycles. The summed E-state index contributed by atoms with van der Waals surface area (Å²) in [5.74, 6) is 0. The third kappa shape index (κ3) is 66.6. The molecule has 0 saturated heterocycles. The van der Waals surface area contributed by atoms with Crippen molar-refractivity contribution in [3.63, 3.8) is 0 Å². The molecule has 0 aromatic rings. The second-order valence-corrected chi connectivity index (χ2v) is 6.69. The molecular formula is C22H53AlO14. The minimum atomic E-state index is 0.0417. The molecule has 0 rings (SSSR count). The quantitative estimate of drug-likeness (QED) is 0.0288. The Labute approximate surface area is 230 Å². The Kier molecular flexibility index (Phi) is 62.3. The summed E-state index contributed by atoms with van der Waals surface area (Å²) in [5.41, 5.74) is 0. The number of rotatable bonds is 25. The van der Waals surface area contributed by atoms with E-state index in [1.807, 2.05) is 0 Å². The highest BCUT2D eigenvalue weighted by Crippen LogP contribution is 1.85. The third-order valence-electron chi connectivity index (χ3n) is 3.23. The minimum absolute atomic E-state index is 0.0417. The van der Waals surface area contributed by atoms with Crippen LogP contribution in [0.5, 0.6) is 0 Å².